The van der Waals surface area contributed by atoms with Gasteiger partial charge in [0.15, 0.2) is 0 Å². The Morgan fingerprint density at radius 1 is 1.38 bits per heavy atom. The number of anilines is 1. The predicted octanol–water partition coefficient (Wildman–Crippen LogP) is 1.30. The molecule has 2 atom stereocenters. The van der Waals surface area contributed by atoms with E-state index in [1.165, 1.54) is 18.2 Å². The highest BCUT2D eigenvalue weighted by Gasteiger charge is 2.32. The lowest BCUT2D eigenvalue weighted by Gasteiger charge is -2.18. The molecule has 1 saturated carbocycles. The maximum atomic E-state index is 12.3. The lowest BCUT2D eigenvalue weighted by Crippen LogP contribution is -2.29. The van der Waals surface area contributed by atoms with Gasteiger partial charge in [-0.3, -0.25) is 4.79 Å². The van der Waals surface area contributed by atoms with Crippen LogP contribution in [0.4, 0.5) is 5.69 Å². The third kappa shape index (κ3) is 3.74. The molecule has 1 fully saturated rings. The maximum absolute atomic E-state index is 12.3. The number of primary sulfonamides is 1. The molecule has 0 heterocycles. The Morgan fingerprint density at radius 2 is 2.10 bits per heavy atom. The zero-order valence-electron chi connectivity index (χ0n) is 11.4. The molecule has 0 spiro atoms. The Kier molecular flexibility index (Phi) is 4.88. The molecule has 116 valence electrons. The normalized spacial score (nSPS) is 22.2. The minimum atomic E-state index is -3.84. The average molecular weight is 332 g/mol. The number of hydrogen-bond acceptors (Lipinski definition) is 4. The molecule has 8 heteroatoms. The molecule has 6 nitrogen and oxygen atoms in total. The van der Waals surface area contributed by atoms with Crippen molar-refractivity contribution in [3.05, 3.63) is 23.2 Å². The van der Waals surface area contributed by atoms with Crippen LogP contribution in [0.15, 0.2) is 23.1 Å². The molecule has 1 aromatic carbocycles. The highest BCUT2D eigenvalue weighted by atomic mass is 35.5. The Labute approximate surface area is 128 Å². The summed E-state index contributed by atoms with van der Waals surface area (Å²) in [5, 5.41) is 8.02. The summed E-state index contributed by atoms with van der Waals surface area (Å²) in [6.45, 7) is 0.461. The highest BCUT2D eigenvalue weighted by Crippen LogP contribution is 2.33. The van der Waals surface area contributed by atoms with Gasteiger partial charge in [0.1, 0.15) is 0 Å². The summed E-state index contributed by atoms with van der Waals surface area (Å²) in [5.41, 5.74) is 5.91. The number of hydrogen-bond donors (Lipinski definition) is 3. The first-order chi connectivity index (χ1) is 9.82. The van der Waals surface area contributed by atoms with E-state index in [2.05, 4.69) is 5.32 Å². The van der Waals surface area contributed by atoms with Crippen molar-refractivity contribution in [3.63, 3.8) is 0 Å². The summed E-state index contributed by atoms with van der Waals surface area (Å²) in [4.78, 5) is 12.2. The van der Waals surface area contributed by atoms with E-state index >= 15 is 0 Å². The summed E-state index contributed by atoms with van der Waals surface area (Å²) in [5.74, 6) is -0.189. The van der Waals surface area contributed by atoms with Crippen molar-refractivity contribution in [3.8, 4) is 0 Å². The van der Waals surface area contributed by atoms with E-state index in [0.29, 0.717) is 6.54 Å². The number of nitrogens with one attached hydrogen (secondary N) is 1. The Bertz CT molecular complexity index is 648. The molecule has 0 bridgehead atoms. The van der Waals surface area contributed by atoms with Crippen LogP contribution in [0.25, 0.3) is 0 Å². The van der Waals surface area contributed by atoms with Crippen molar-refractivity contribution in [1.29, 1.82) is 0 Å². The number of nitrogens with two attached hydrogens (primary N) is 2. The van der Waals surface area contributed by atoms with Crippen LogP contribution in [-0.4, -0.2) is 20.9 Å². The molecule has 5 N–H and O–H groups in total. The highest BCUT2D eigenvalue weighted by molar-refractivity contribution is 7.89. The molecule has 1 amide bonds. The van der Waals surface area contributed by atoms with Gasteiger partial charge < -0.3 is 11.1 Å². The maximum Gasteiger partial charge on any atom is 0.238 e. The van der Waals surface area contributed by atoms with Gasteiger partial charge in [-0.15, -0.1) is 0 Å². The first kappa shape index (κ1) is 16.2. The summed E-state index contributed by atoms with van der Waals surface area (Å²) >= 11 is 5.99. The first-order valence-electron chi connectivity index (χ1n) is 6.66. The van der Waals surface area contributed by atoms with Crippen LogP contribution in [0, 0.1) is 11.8 Å². The smallest absolute Gasteiger partial charge is 0.238 e. The van der Waals surface area contributed by atoms with Gasteiger partial charge in [-0.25, -0.2) is 13.6 Å². The van der Waals surface area contributed by atoms with Gasteiger partial charge in [-0.05, 0) is 43.5 Å². The lowest BCUT2D eigenvalue weighted by atomic mass is 9.95. The van der Waals surface area contributed by atoms with E-state index in [0.717, 1.165) is 19.3 Å². The van der Waals surface area contributed by atoms with Gasteiger partial charge in [-0.1, -0.05) is 18.0 Å². The molecule has 0 aliphatic heterocycles. The second-order valence-corrected chi connectivity index (χ2v) is 7.18. The lowest BCUT2D eigenvalue weighted by molar-refractivity contribution is -0.120. The van der Waals surface area contributed by atoms with Gasteiger partial charge in [0.05, 0.1) is 15.6 Å². The van der Waals surface area contributed by atoms with Crippen LogP contribution in [-0.2, 0) is 14.8 Å². The van der Waals surface area contributed by atoms with Crippen molar-refractivity contribution in [2.24, 2.45) is 22.7 Å². The van der Waals surface area contributed by atoms with Crippen molar-refractivity contribution < 1.29 is 13.2 Å². The monoisotopic (exact) mass is 331 g/mol. The van der Waals surface area contributed by atoms with Crippen LogP contribution in [0.2, 0.25) is 5.02 Å². The molecule has 1 aromatic rings. The Balaban J connectivity index is 2.21. The first-order valence-corrected chi connectivity index (χ1v) is 8.58. The van der Waals surface area contributed by atoms with Crippen LogP contribution < -0.4 is 16.2 Å². The molecule has 0 saturated heterocycles. The number of sulfonamides is 1. The van der Waals surface area contributed by atoms with E-state index < -0.39 is 10.0 Å². The van der Waals surface area contributed by atoms with Gasteiger partial charge in [0, 0.05) is 5.92 Å². The van der Waals surface area contributed by atoms with E-state index in [9.17, 15) is 13.2 Å². The van der Waals surface area contributed by atoms with Crippen LogP contribution in [0.1, 0.15) is 19.3 Å². The molecule has 21 heavy (non-hydrogen) atoms. The fraction of sp³-hybridized carbons (Fsp3) is 0.462. The van der Waals surface area contributed by atoms with Crippen LogP contribution in [0.5, 0.6) is 0 Å². The van der Waals surface area contributed by atoms with Crippen molar-refractivity contribution in [2.75, 3.05) is 11.9 Å². The summed E-state index contributed by atoms with van der Waals surface area (Å²) in [6.07, 6.45) is 2.67. The number of rotatable bonds is 4. The van der Waals surface area contributed by atoms with E-state index in [4.69, 9.17) is 22.5 Å². The number of carbonyl (C=O) groups excluding carboxylic acids is 1. The zero-order valence-corrected chi connectivity index (χ0v) is 13.0. The second-order valence-electron chi connectivity index (χ2n) is 5.21. The largest absolute Gasteiger partial charge is 0.330 e. The molecule has 0 radical (unpaired) electrons. The molecule has 1 aliphatic carbocycles. The third-order valence-electron chi connectivity index (χ3n) is 3.82. The van der Waals surface area contributed by atoms with E-state index in [-0.39, 0.29) is 33.3 Å². The Morgan fingerprint density at radius 3 is 2.71 bits per heavy atom. The number of carbonyl (C=O) groups is 1. The molecule has 2 rings (SSSR count). The summed E-state index contributed by atoms with van der Waals surface area (Å²) < 4.78 is 22.7. The van der Waals surface area contributed by atoms with E-state index in [1.807, 2.05) is 0 Å². The SMILES string of the molecule is NCC1CCCC1C(=O)Nc1cc(S(N)(=O)=O)ccc1Cl. The number of amides is 1. The average Bonchev–Trinajstić information content (AvgIpc) is 2.88. The van der Waals surface area contributed by atoms with Crippen molar-refractivity contribution in [1.82, 2.24) is 0 Å². The van der Waals surface area contributed by atoms with Gasteiger partial charge in [0.2, 0.25) is 15.9 Å². The van der Waals surface area contributed by atoms with Crippen LogP contribution in [0.3, 0.4) is 0 Å². The molecule has 1 aliphatic rings. The molecular formula is C13H18ClN3O3S. The number of benzene rings is 1. The van der Waals surface area contributed by atoms with Crippen molar-refractivity contribution in [2.45, 2.75) is 24.2 Å². The second kappa shape index (κ2) is 6.31. The summed E-state index contributed by atoms with van der Waals surface area (Å²) in [7, 11) is -3.84. The minimum absolute atomic E-state index is 0.0935. The fourth-order valence-corrected chi connectivity index (χ4v) is 3.37. The molecule has 2 unspecified atom stereocenters. The quantitative estimate of drug-likeness (QED) is 0.771. The summed E-state index contributed by atoms with van der Waals surface area (Å²) in [6, 6.07) is 3.96. The topological polar surface area (TPSA) is 115 Å². The van der Waals surface area contributed by atoms with Gasteiger partial charge in [0.25, 0.3) is 0 Å². The van der Waals surface area contributed by atoms with Crippen molar-refractivity contribution >= 4 is 33.2 Å². The van der Waals surface area contributed by atoms with E-state index in [1.54, 1.807) is 0 Å². The predicted molar refractivity (Wildman–Crippen MR) is 81.3 cm³/mol. The molecule has 0 aromatic heterocycles. The fourth-order valence-electron chi connectivity index (χ4n) is 2.67. The number of halogens is 1. The van der Waals surface area contributed by atoms with Gasteiger partial charge >= 0.3 is 0 Å². The zero-order chi connectivity index (χ0) is 15.6. The Hall–Kier alpha value is -1.15. The third-order valence-corrected chi connectivity index (χ3v) is 5.06. The standard InChI is InChI=1S/C13H18ClN3O3S/c14-11-5-4-9(21(16,19)20)6-12(11)17-13(18)10-3-1-2-8(10)7-15/h4-6,8,10H,1-3,7,15H2,(H,17,18)(H2,16,19,20). The van der Waals surface area contributed by atoms with Gasteiger partial charge in [-0.2, -0.15) is 0 Å². The van der Waals surface area contributed by atoms with Crippen LogP contribution >= 0.6 is 11.6 Å². The minimum Gasteiger partial charge on any atom is -0.330 e. The molecular weight excluding hydrogens is 314 g/mol.